The second kappa shape index (κ2) is 5.43. The lowest BCUT2D eigenvalue weighted by molar-refractivity contribution is 0.410. The van der Waals surface area contributed by atoms with Crippen LogP contribution in [0.15, 0.2) is 36.4 Å². The molecule has 0 aliphatic heterocycles. The van der Waals surface area contributed by atoms with Gasteiger partial charge in [0.15, 0.2) is 0 Å². The molecule has 1 heterocycles. The van der Waals surface area contributed by atoms with Gasteiger partial charge in [0.05, 0.1) is 18.5 Å². The SMILES string of the molecule is CCc1ccc(Cc2ccccc2OC)nn1. The lowest BCUT2D eigenvalue weighted by atomic mass is 10.1. The molecular formula is C14H16N2O. The van der Waals surface area contributed by atoms with E-state index in [4.69, 9.17) is 4.74 Å². The quantitative estimate of drug-likeness (QED) is 0.807. The number of rotatable bonds is 4. The average molecular weight is 228 g/mol. The van der Waals surface area contributed by atoms with Crippen LogP contribution >= 0.6 is 0 Å². The minimum Gasteiger partial charge on any atom is -0.496 e. The molecule has 0 aliphatic carbocycles. The Balaban J connectivity index is 2.19. The van der Waals surface area contributed by atoms with Gasteiger partial charge >= 0.3 is 0 Å². The van der Waals surface area contributed by atoms with Crippen LogP contribution in [0.1, 0.15) is 23.9 Å². The third-order valence-corrected chi connectivity index (χ3v) is 2.70. The third-order valence-electron chi connectivity index (χ3n) is 2.70. The topological polar surface area (TPSA) is 35.0 Å². The van der Waals surface area contributed by atoms with Crippen molar-refractivity contribution in [3.8, 4) is 5.75 Å². The number of para-hydroxylation sites is 1. The highest BCUT2D eigenvalue weighted by Crippen LogP contribution is 2.19. The van der Waals surface area contributed by atoms with Crippen molar-refractivity contribution in [2.45, 2.75) is 19.8 Å². The van der Waals surface area contributed by atoms with Crippen molar-refractivity contribution in [3.63, 3.8) is 0 Å². The van der Waals surface area contributed by atoms with Gasteiger partial charge in [-0.05, 0) is 24.6 Å². The van der Waals surface area contributed by atoms with Crippen LogP contribution in [0.2, 0.25) is 0 Å². The maximum absolute atomic E-state index is 5.31. The molecule has 0 unspecified atom stereocenters. The van der Waals surface area contributed by atoms with E-state index in [1.807, 2.05) is 36.4 Å². The van der Waals surface area contributed by atoms with Gasteiger partial charge in [-0.1, -0.05) is 25.1 Å². The van der Waals surface area contributed by atoms with Gasteiger partial charge in [0.2, 0.25) is 0 Å². The molecule has 0 fully saturated rings. The summed E-state index contributed by atoms with van der Waals surface area (Å²) in [5, 5.41) is 8.37. The first-order valence-corrected chi connectivity index (χ1v) is 5.77. The Kier molecular flexibility index (Phi) is 3.70. The molecule has 0 spiro atoms. The van der Waals surface area contributed by atoms with E-state index in [0.717, 1.165) is 35.5 Å². The van der Waals surface area contributed by atoms with Crippen LogP contribution in [0.3, 0.4) is 0 Å². The fraction of sp³-hybridized carbons (Fsp3) is 0.286. The highest BCUT2D eigenvalue weighted by atomic mass is 16.5. The average Bonchev–Trinajstić information content (AvgIpc) is 2.40. The Bertz CT molecular complexity index is 480. The molecule has 0 radical (unpaired) electrons. The minimum atomic E-state index is 0.751. The summed E-state index contributed by atoms with van der Waals surface area (Å²) < 4.78 is 5.31. The summed E-state index contributed by atoms with van der Waals surface area (Å²) in [6, 6.07) is 12.0. The summed E-state index contributed by atoms with van der Waals surface area (Å²) in [5.41, 5.74) is 3.12. The van der Waals surface area contributed by atoms with Gasteiger partial charge in [0, 0.05) is 12.0 Å². The van der Waals surface area contributed by atoms with Crippen molar-refractivity contribution in [3.05, 3.63) is 53.3 Å². The van der Waals surface area contributed by atoms with E-state index in [9.17, 15) is 0 Å². The van der Waals surface area contributed by atoms with Crippen LogP contribution in [-0.2, 0) is 12.8 Å². The van der Waals surface area contributed by atoms with Crippen molar-refractivity contribution in [1.82, 2.24) is 10.2 Å². The van der Waals surface area contributed by atoms with E-state index in [1.54, 1.807) is 7.11 Å². The van der Waals surface area contributed by atoms with Gasteiger partial charge in [-0.2, -0.15) is 10.2 Å². The third kappa shape index (κ3) is 2.81. The fourth-order valence-corrected chi connectivity index (χ4v) is 1.71. The predicted molar refractivity (Wildman–Crippen MR) is 67.2 cm³/mol. The van der Waals surface area contributed by atoms with Gasteiger partial charge in [-0.3, -0.25) is 0 Å². The van der Waals surface area contributed by atoms with E-state index in [2.05, 4.69) is 17.1 Å². The van der Waals surface area contributed by atoms with Crippen molar-refractivity contribution >= 4 is 0 Å². The molecule has 3 nitrogen and oxygen atoms in total. The molecule has 0 atom stereocenters. The molecule has 88 valence electrons. The summed E-state index contributed by atoms with van der Waals surface area (Å²) in [4.78, 5) is 0. The molecule has 1 aromatic carbocycles. The normalized spacial score (nSPS) is 10.2. The number of methoxy groups -OCH3 is 1. The summed E-state index contributed by atoms with van der Waals surface area (Å²) in [6.45, 7) is 2.07. The molecule has 2 rings (SSSR count). The number of aromatic nitrogens is 2. The Labute approximate surface area is 101 Å². The maximum Gasteiger partial charge on any atom is 0.122 e. The molecule has 0 aliphatic rings. The molecule has 2 aromatic rings. The first kappa shape index (κ1) is 11.6. The van der Waals surface area contributed by atoms with Crippen molar-refractivity contribution in [1.29, 1.82) is 0 Å². The molecule has 0 bridgehead atoms. The van der Waals surface area contributed by atoms with Crippen molar-refractivity contribution in [2.24, 2.45) is 0 Å². The fourth-order valence-electron chi connectivity index (χ4n) is 1.71. The lowest BCUT2D eigenvalue weighted by Gasteiger charge is -2.07. The molecule has 0 saturated heterocycles. The van der Waals surface area contributed by atoms with Crippen LogP contribution in [-0.4, -0.2) is 17.3 Å². The monoisotopic (exact) mass is 228 g/mol. The van der Waals surface area contributed by atoms with Gasteiger partial charge < -0.3 is 4.74 Å². The highest BCUT2D eigenvalue weighted by Gasteiger charge is 2.04. The molecule has 1 aromatic heterocycles. The smallest absolute Gasteiger partial charge is 0.122 e. The van der Waals surface area contributed by atoms with E-state index < -0.39 is 0 Å². The Morgan fingerprint density at radius 1 is 1.00 bits per heavy atom. The first-order chi connectivity index (χ1) is 8.33. The van der Waals surface area contributed by atoms with E-state index in [1.165, 1.54) is 0 Å². The zero-order valence-corrected chi connectivity index (χ0v) is 10.2. The van der Waals surface area contributed by atoms with Crippen LogP contribution in [0.5, 0.6) is 5.75 Å². The number of hydrogen-bond acceptors (Lipinski definition) is 3. The van der Waals surface area contributed by atoms with Crippen molar-refractivity contribution < 1.29 is 4.74 Å². The lowest BCUT2D eigenvalue weighted by Crippen LogP contribution is -1.99. The van der Waals surface area contributed by atoms with E-state index >= 15 is 0 Å². The molecule has 0 N–H and O–H groups in total. The highest BCUT2D eigenvalue weighted by molar-refractivity contribution is 5.35. The summed E-state index contributed by atoms with van der Waals surface area (Å²) in [6.07, 6.45) is 1.67. The largest absolute Gasteiger partial charge is 0.496 e. The second-order valence-corrected chi connectivity index (χ2v) is 3.86. The molecule has 0 amide bonds. The Hall–Kier alpha value is -1.90. The Morgan fingerprint density at radius 3 is 2.35 bits per heavy atom. The van der Waals surface area contributed by atoms with Crippen LogP contribution < -0.4 is 4.74 Å². The number of nitrogens with zero attached hydrogens (tertiary/aromatic N) is 2. The molecular weight excluding hydrogens is 212 g/mol. The second-order valence-electron chi connectivity index (χ2n) is 3.86. The zero-order chi connectivity index (χ0) is 12.1. The molecule has 0 saturated carbocycles. The zero-order valence-electron chi connectivity index (χ0n) is 10.2. The summed E-state index contributed by atoms with van der Waals surface area (Å²) >= 11 is 0. The van der Waals surface area contributed by atoms with Crippen LogP contribution in [0, 0.1) is 0 Å². The Morgan fingerprint density at radius 2 is 1.71 bits per heavy atom. The molecule has 3 heteroatoms. The maximum atomic E-state index is 5.31. The summed E-state index contributed by atoms with van der Waals surface area (Å²) in [7, 11) is 1.69. The number of benzene rings is 1. The van der Waals surface area contributed by atoms with Crippen molar-refractivity contribution in [2.75, 3.05) is 7.11 Å². The van der Waals surface area contributed by atoms with Gasteiger partial charge in [0.25, 0.3) is 0 Å². The number of hydrogen-bond donors (Lipinski definition) is 0. The van der Waals surface area contributed by atoms with Gasteiger partial charge in [-0.25, -0.2) is 0 Å². The number of aryl methyl sites for hydroxylation is 1. The van der Waals surface area contributed by atoms with E-state index in [-0.39, 0.29) is 0 Å². The van der Waals surface area contributed by atoms with Crippen LogP contribution in [0.4, 0.5) is 0 Å². The predicted octanol–water partition coefficient (Wildman–Crippen LogP) is 2.64. The summed E-state index contributed by atoms with van der Waals surface area (Å²) in [5.74, 6) is 0.897. The minimum absolute atomic E-state index is 0.751. The molecule has 17 heavy (non-hydrogen) atoms. The van der Waals surface area contributed by atoms with Gasteiger partial charge in [0.1, 0.15) is 5.75 Å². The standard InChI is InChI=1S/C14H16N2O/c1-3-12-8-9-13(16-15-12)10-11-6-4-5-7-14(11)17-2/h4-9H,3,10H2,1-2H3. The first-order valence-electron chi connectivity index (χ1n) is 5.77. The van der Waals surface area contributed by atoms with Gasteiger partial charge in [-0.15, -0.1) is 0 Å². The van der Waals surface area contributed by atoms with Crippen LogP contribution in [0.25, 0.3) is 0 Å². The number of ether oxygens (including phenoxy) is 1. The van der Waals surface area contributed by atoms with E-state index in [0.29, 0.717) is 0 Å².